The van der Waals surface area contributed by atoms with Crippen LogP contribution in [0.15, 0.2) is 12.3 Å². The van der Waals surface area contributed by atoms with E-state index in [-0.39, 0.29) is 12.6 Å². The average Bonchev–Trinajstić information content (AvgIpc) is 2.28. The van der Waals surface area contributed by atoms with Crippen molar-refractivity contribution < 1.29 is 9.90 Å². The molecule has 0 spiro atoms. The van der Waals surface area contributed by atoms with Crippen LogP contribution in [0.5, 0.6) is 0 Å². The second-order valence-electron chi connectivity index (χ2n) is 3.88. The van der Waals surface area contributed by atoms with Gasteiger partial charge in [-0.2, -0.15) is 0 Å². The molecular weight excluding hydrogens is 192 g/mol. The summed E-state index contributed by atoms with van der Waals surface area (Å²) < 4.78 is 0. The number of allylic oxidation sites excluding steroid dienone is 1. The van der Waals surface area contributed by atoms with Crippen molar-refractivity contribution in [3.8, 4) is 0 Å². The van der Waals surface area contributed by atoms with E-state index in [1.165, 1.54) is 32.1 Å². The maximum absolute atomic E-state index is 11.1. The van der Waals surface area contributed by atoms with Crippen molar-refractivity contribution in [2.45, 2.75) is 32.1 Å². The fourth-order valence-corrected chi connectivity index (χ4v) is 1.81. The van der Waals surface area contributed by atoms with Crippen LogP contribution in [0.25, 0.3) is 0 Å². The molecule has 4 heteroatoms. The van der Waals surface area contributed by atoms with Crippen LogP contribution in [-0.4, -0.2) is 24.3 Å². The first kappa shape index (κ1) is 12.0. The van der Waals surface area contributed by atoms with E-state index in [1.807, 2.05) is 0 Å². The van der Waals surface area contributed by atoms with E-state index in [2.05, 4.69) is 16.7 Å². The van der Waals surface area contributed by atoms with Crippen LogP contribution in [-0.2, 0) is 0 Å². The molecule has 1 aliphatic carbocycles. The van der Waals surface area contributed by atoms with Crippen molar-refractivity contribution in [1.82, 2.24) is 10.6 Å². The quantitative estimate of drug-likeness (QED) is 0.659. The maximum Gasteiger partial charge on any atom is 0.318 e. The van der Waals surface area contributed by atoms with E-state index in [4.69, 9.17) is 5.11 Å². The number of rotatable bonds is 4. The van der Waals surface area contributed by atoms with E-state index in [0.717, 1.165) is 0 Å². The third kappa shape index (κ3) is 5.42. The van der Waals surface area contributed by atoms with Crippen LogP contribution in [0.4, 0.5) is 4.79 Å². The molecule has 1 fully saturated rings. The predicted molar refractivity (Wildman–Crippen MR) is 59.3 cm³/mol. The minimum atomic E-state index is -0.254. The molecule has 0 unspecified atom stereocenters. The Labute approximate surface area is 90.7 Å². The van der Waals surface area contributed by atoms with Crippen molar-refractivity contribution in [2.24, 2.45) is 5.92 Å². The molecule has 0 aromatic carbocycles. The van der Waals surface area contributed by atoms with Crippen LogP contribution in [0.2, 0.25) is 0 Å². The molecule has 0 radical (unpaired) electrons. The first-order chi connectivity index (χ1) is 7.33. The molecule has 2 amide bonds. The van der Waals surface area contributed by atoms with Gasteiger partial charge < -0.3 is 15.7 Å². The van der Waals surface area contributed by atoms with Gasteiger partial charge in [-0.3, -0.25) is 0 Å². The van der Waals surface area contributed by atoms with Gasteiger partial charge in [0, 0.05) is 12.7 Å². The van der Waals surface area contributed by atoms with Gasteiger partial charge in [0.2, 0.25) is 0 Å². The molecule has 1 saturated carbocycles. The highest BCUT2D eigenvalue weighted by molar-refractivity contribution is 5.74. The summed E-state index contributed by atoms with van der Waals surface area (Å²) in [6.07, 6.45) is 10.2. The van der Waals surface area contributed by atoms with Crippen LogP contribution in [0.1, 0.15) is 32.1 Å². The first-order valence-electron chi connectivity index (χ1n) is 5.65. The molecule has 1 rings (SSSR count). The number of carbonyl (C=O) groups is 1. The fourth-order valence-electron chi connectivity index (χ4n) is 1.81. The normalized spacial score (nSPS) is 17.9. The Morgan fingerprint density at radius 1 is 1.33 bits per heavy atom. The smallest absolute Gasteiger partial charge is 0.318 e. The maximum atomic E-state index is 11.1. The number of aliphatic hydroxyl groups excluding tert-OH is 1. The van der Waals surface area contributed by atoms with Gasteiger partial charge in [-0.25, -0.2) is 4.79 Å². The SMILES string of the molecule is O=C(N/C=C/C1CCCCC1)NCCO. The Kier molecular flexibility index (Phi) is 5.85. The predicted octanol–water partition coefficient (Wildman–Crippen LogP) is 1.37. The van der Waals surface area contributed by atoms with Crippen LogP contribution < -0.4 is 10.6 Å². The van der Waals surface area contributed by atoms with Crippen LogP contribution >= 0.6 is 0 Å². The van der Waals surface area contributed by atoms with Crippen molar-refractivity contribution in [2.75, 3.05) is 13.2 Å². The zero-order valence-electron chi connectivity index (χ0n) is 9.04. The summed E-state index contributed by atoms with van der Waals surface area (Å²) in [7, 11) is 0. The number of aliphatic hydroxyl groups is 1. The highest BCUT2D eigenvalue weighted by atomic mass is 16.3. The fraction of sp³-hybridized carbons (Fsp3) is 0.727. The lowest BCUT2D eigenvalue weighted by atomic mass is 9.89. The van der Waals surface area contributed by atoms with E-state index in [0.29, 0.717) is 12.5 Å². The number of urea groups is 1. The van der Waals surface area contributed by atoms with Crippen molar-refractivity contribution in [3.63, 3.8) is 0 Å². The van der Waals surface area contributed by atoms with Crippen molar-refractivity contribution in [3.05, 3.63) is 12.3 Å². The van der Waals surface area contributed by atoms with Crippen LogP contribution in [0, 0.1) is 5.92 Å². The molecule has 0 atom stereocenters. The van der Waals surface area contributed by atoms with Gasteiger partial charge in [-0.15, -0.1) is 0 Å². The Balaban J connectivity index is 2.11. The second kappa shape index (κ2) is 7.29. The molecule has 0 aromatic heterocycles. The highest BCUT2D eigenvalue weighted by Crippen LogP contribution is 2.24. The van der Waals surface area contributed by atoms with Gasteiger partial charge in [0.15, 0.2) is 0 Å². The number of hydrogen-bond donors (Lipinski definition) is 3. The minimum absolute atomic E-state index is 0.0280. The molecule has 4 nitrogen and oxygen atoms in total. The lowest BCUT2D eigenvalue weighted by Gasteiger charge is -2.17. The molecule has 0 aliphatic heterocycles. The van der Waals surface area contributed by atoms with Crippen LogP contribution in [0.3, 0.4) is 0 Å². The molecule has 0 saturated heterocycles. The Morgan fingerprint density at radius 2 is 2.07 bits per heavy atom. The molecule has 0 bridgehead atoms. The zero-order valence-corrected chi connectivity index (χ0v) is 9.04. The summed E-state index contributed by atoms with van der Waals surface area (Å²) in [6.45, 7) is 0.267. The van der Waals surface area contributed by atoms with Gasteiger partial charge in [0.1, 0.15) is 0 Å². The van der Waals surface area contributed by atoms with Gasteiger partial charge >= 0.3 is 6.03 Å². The van der Waals surface area contributed by atoms with E-state index >= 15 is 0 Å². The number of hydrogen-bond acceptors (Lipinski definition) is 2. The summed E-state index contributed by atoms with van der Waals surface area (Å²) in [5.41, 5.74) is 0. The van der Waals surface area contributed by atoms with Gasteiger partial charge in [-0.1, -0.05) is 25.3 Å². The Bertz CT molecular complexity index is 211. The largest absolute Gasteiger partial charge is 0.395 e. The van der Waals surface area contributed by atoms with Gasteiger partial charge in [0.25, 0.3) is 0 Å². The van der Waals surface area contributed by atoms with Crippen molar-refractivity contribution >= 4 is 6.03 Å². The third-order valence-corrected chi connectivity index (χ3v) is 2.63. The average molecular weight is 212 g/mol. The molecule has 15 heavy (non-hydrogen) atoms. The standard InChI is InChI=1S/C11H20N2O2/c14-9-8-13-11(15)12-7-6-10-4-2-1-3-5-10/h6-7,10,14H,1-5,8-9H2,(H2,12,13,15)/b7-6+. The minimum Gasteiger partial charge on any atom is -0.395 e. The molecular formula is C11H20N2O2. The van der Waals surface area contributed by atoms with Gasteiger partial charge in [-0.05, 0) is 18.8 Å². The van der Waals surface area contributed by atoms with Gasteiger partial charge in [0.05, 0.1) is 6.61 Å². The lowest BCUT2D eigenvalue weighted by Crippen LogP contribution is -2.34. The Morgan fingerprint density at radius 3 is 2.73 bits per heavy atom. The summed E-state index contributed by atoms with van der Waals surface area (Å²) >= 11 is 0. The lowest BCUT2D eigenvalue weighted by molar-refractivity contribution is 0.237. The molecule has 1 aliphatic rings. The summed E-state index contributed by atoms with van der Waals surface area (Å²) in [4.78, 5) is 11.1. The summed E-state index contributed by atoms with van der Waals surface area (Å²) in [5.74, 6) is 0.622. The van der Waals surface area contributed by atoms with E-state index in [9.17, 15) is 4.79 Å². The van der Waals surface area contributed by atoms with Crippen molar-refractivity contribution in [1.29, 1.82) is 0 Å². The second-order valence-corrected chi connectivity index (χ2v) is 3.88. The number of carbonyl (C=O) groups excluding carboxylic acids is 1. The summed E-state index contributed by atoms with van der Waals surface area (Å²) in [6, 6.07) is -0.254. The molecule has 3 N–H and O–H groups in total. The topological polar surface area (TPSA) is 61.4 Å². The molecule has 0 heterocycles. The Hall–Kier alpha value is -1.03. The summed E-state index contributed by atoms with van der Waals surface area (Å²) in [5, 5.41) is 13.6. The molecule has 86 valence electrons. The number of amides is 2. The van der Waals surface area contributed by atoms with E-state index in [1.54, 1.807) is 6.20 Å². The third-order valence-electron chi connectivity index (χ3n) is 2.63. The highest BCUT2D eigenvalue weighted by Gasteiger charge is 2.09. The molecule has 0 aromatic rings. The zero-order chi connectivity index (χ0) is 10.9. The monoisotopic (exact) mass is 212 g/mol. The number of nitrogens with one attached hydrogen (secondary N) is 2. The van der Waals surface area contributed by atoms with E-state index < -0.39 is 0 Å². The first-order valence-corrected chi connectivity index (χ1v) is 5.65.